The van der Waals surface area contributed by atoms with Crippen LogP contribution in [0, 0.1) is 0 Å². The van der Waals surface area contributed by atoms with E-state index in [2.05, 4.69) is 0 Å². The molecule has 0 bridgehead atoms. The van der Waals surface area contributed by atoms with Crippen molar-refractivity contribution in [1.29, 1.82) is 0 Å². The third-order valence-electron chi connectivity index (χ3n) is 0.670. The topological polar surface area (TPSA) is 0 Å². The molecule has 0 saturated carbocycles. The molecule has 30 valence electrons. The lowest BCUT2D eigenvalue weighted by Gasteiger charge is -1.96. The molecule has 1 fully saturated rings. The highest BCUT2D eigenvalue weighted by Gasteiger charge is 1.80. The summed E-state index contributed by atoms with van der Waals surface area (Å²) in [5, 5.41) is 0. The molecule has 1 aliphatic heterocycles. The van der Waals surface area contributed by atoms with Gasteiger partial charge in [-0.3, -0.25) is 8.27 Å². The highest BCUT2D eigenvalue weighted by molar-refractivity contribution is 8.12. The molecular weight excluding hydrogens is 98.0 g/mol. The molecule has 1 rings (SSSR count). The molecule has 0 amide bonds. The van der Waals surface area contributed by atoms with E-state index < -0.39 is 0 Å². The molecule has 0 N–H and O–H groups in total. The molecule has 1 atom stereocenters. The third-order valence-corrected chi connectivity index (χ3v) is 4.02. The van der Waals surface area contributed by atoms with Crippen molar-refractivity contribution in [3.8, 4) is 0 Å². The van der Waals surface area contributed by atoms with Gasteiger partial charge in [0.1, 0.15) is 0 Å². The van der Waals surface area contributed by atoms with Crippen molar-refractivity contribution >= 4 is 16.5 Å². The lowest BCUT2D eigenvalue weighted by atomic mass is 10.6. The van der Waals surface area contributed by atoms with Crippen LogP contribution in [-0.2, 0) is 0 Å². The van der Waals surface area contributed by atoms with E-state index in [-0.39, 0.29) is 0 Å². The maximum atomic E-state index is 1.72. The molecule has 1 heterocycles. The molecule has 0 spiro atoms. The molecule has 2 heteroatoms. The van der Waals surface area contributed by atoms with Crippen molar-refractivity contribution < 1.29 is 0 Å². The zero-order chi connectivity index (χ0) is 3.54. The lowest BCUT2D eigenvalue weighted by molar-refractivity contribution is 1.14. The van der Waals surface area contributed by atoms with Crippen LogP contribution >= 0.6 is 16.5 Å². The molecule has 1 aliphatic rings. The van der Waals surface area contributed by atoms with E-state index in [1.807, 2.05) is 0 Å². The summed E-state index contributed by atoms with van der Waals surface area (Å²) in [6.45, 7) is 0. The Morgan fingerprint density at radius 3 is 2.80 bits per heavy atom. The van der Waals surface area contributed by atoms with E-state index in [0.29, 0.717) is 0 Å². The fourth-order valence-electron chi connectivity index (χ4n) is 0.395. The van der Waals surface area contributed by atoms with Gasteiger partial charge in [-0.05, 0) is 0 Å². The van der Waals surface area contributed by atoms with E-state index in [9.17, 15) is 0 Å². The van der Waals surface area contributed by atoms with Gasteiger partial charge in [0, 0.05) is 0 Å². The van der Waals surface area contributed by atoms with Crippen LogP contribution in [0.3, 0.4) is 0 Å². The Labute approximate surface area is 36.2 Å². The van der Waals surface area contributed by atoms with Crippen molar-refractivity contribution in [2.45, 2.75) is 6.42 Å². The van der Waals surface area contributed by atoms with Gasteiger partial charge in [0.15, 0.2) is 0 Å². The second-order valence-electron chi connectivity index (χ2n) is 1.14. The highest BCUT2D eigenvalue weighted by Crippen LogP contribution is 2.43. The zero-order valence-electron chi connectivity index (χ0n) is 3.07. The summed E-state index contributed by atoms with van der Waals surface area (Å²) >= 11 is 0. The maximum Gasteiger partial charge on any atom is -0.0647 e. The minimum Gasteiger partial charge on any atom is -0.511 e. The monoisotopic (exact) mass is 105 g/mol. The van der Waals surface area contributed by atoms with Crippen molar-refractivity contribution in [2.24, 2.45) is 0 Å². The Kier molecular flexibility index (Phi) is 1.70. The van der Waals surface area contributed by atoms with Gasteiger partial charge in [-0.15, -0.1) is 0 Å². The average Bonchev–Trinajstić information content (AvgIpc) is 1.76. The zero-order valence-corrected chi connectivity index (χ0v) is 4.96. The van der Waals surface area contributed by atoms with Gasteiger partial charge >= 0.3 is 0 Å². The van der Waals surface area contributed by atoms with Crippen LogP contribution < -0.4 is 0 Å². The minimum atomic E-state index is 1.28. The van der Waals surface area contributed by atoms with Crippen molar-refractivity contribution in [2.75, 3.05) is 12.3 Å². The molecule has 1 unspecified atom stereocenters. The van der Waals surface area contributed by atoms with E-state index in [1.165, 1.54) is 27.0 Å². The average molecular weight is 105 g/mol. The first kappa shape index (κ1) is 4.03. The summed E-state index contributed by atoms with van der Waals surface area (Å²) in [7, 11) is 3.00. The molecule has 0 aromatic rings. The first-order chi connectivity index (χ1) is 2.50. The van der Waals surface area contributed by atoms with Crippen molar-refractivity contribution in [3.05, 3.63) is 0 Å². The normalized spacial score (nSPS) is 33.6. The van der Waals surface area contributed by atoms with Crippen LogP contribution in [-0.4, -0.2) is 12.3 Å². The standard InChI is InChI=1S/C3H7P2/c1-2-4-5-3-1/h4H,1-3H2/q-1. The Bertz CT molecular complexity index is 16.5. The second-order valence-corrected chi connectivity index (χ2v) is 4.62. The Morgan fingerprint density at radius 2 is 2.60 bits per heavy atom. The Morgan fingerprint density at radius 1 is 1.60 bits per heavy atom. The molecule has 0 aromatic heterocycles. The predicted molar refractivity (Wildman–Crippen MR) is 29.6 cm³/mol. The third kappa shape index (κ3) is 1.16. The van der Waals surface area contributed by atoms with Gasteiger partial charge in [0.05, 0.1) is 0 Å². The second kappa shape index (κ2) is 2.11. The SMILES string of the molecule is C1C[P-]PC1. The summed E-state index contributed by atoms with van der Waals surface area (Å²) in [6, 6.07) is 0. The van der Waals surface area contributed by atoms with Gasteiger partial charge in [-0.2, -0.15) is 6.16 Å². The molecule has 0 aromatic carbocycles. The quantitative estimate of drug-likeness (QED) is 0.413. The van der Waals surface area contributed by atoms with Gasteiger partial charge in [-0.25, -0.2) is 0 Å². The van der Waals surface area contributed by atoms with E-state index in [0.717, 1.165) is 0 Å². The summed E-state index contributed by atoms with van der Waals surface area (Å²) in [6.07, 6.45) is 4.50. The van der Waals surface area contributed by atoms with Gasteiger partial charge in [-0.1, -0.05) is 12.6 Å². The van der Waals surface area contributed by atoms with Crippen LogP contribution in [0.2, 0.25) is 0 Å². The Balaban J connectivity index is 2.08. The van der Waals surface area contributed by atoms with E-state index in [4.69, 9.17) is 0 Å². The predicted octanol–water partition coefficient (Wildman–Crippen LogP) is 1.93. The first-order valence-corrected chi connectivity index (χ1v) is 5.02. The number of hydrogen-bond donors (Lipinski definition) is 0. The molecule has 0 aliphatic carbocycles. The maximum absolute atomic E-state index is 1.72. The van der Waals surface area contributed by atoms with E-state index >= 15 is 0 Å². The number of rotatable bonds is 0. The fraction of sp³-hybridized carbons (Fsp3) is 1.00. The first-order valence-electron chi connectivity index (χ1n) is 1.89. The van der Waals surface area contributed by atoms with Crippen LogP contribution in [0.15, 0.2) is 0 Å². The van der Waals surface area contributed by atoms with Gasteiger partial charge < -0.3 is 8.27 Å². The van der Waals surface area contributed by atoms with Crippen molar-refractivity contribution in [1.82, 2.24) is 0 Å². The van der Waals surface area contributed by atoms with Crippen molar-refractivity contribution in [3.63, 3.8) is 0 Å². The van der Waals surface area contributed by atoms with Crippen LogP contribution in [0.25, 0.3) is 0 Å². The summed E-state index contributed by atoms with van der Waals surface area (Å²) in [5.74, 6) is 0. The highest BCUT2D eigenvalue weighted by atomic mass is 32.0. The molecule has 1 saturated heterocycles. The largest absolute Gasteiger partial charge is 0.511 e. The van der Waals surface area contributed by atoms with Gasteiger partial charge in [0.2, 0.25) is 0 Å². The minimum absolute atomic E-state index is 1.28. The fourth-order valence-corrected chi connectivity index (χ4v) is 3.56. The summed E-state index contributed by atoms with van der Waals surface area (Å²) in [4.78, 5) is 0. The Hall–Kier alpha value is 0.860. The summed E-state index contributed by atoms with van der Waals surface area (Å²) in [5.41, 5.74) is 0. The molecule has 0 radical (unpaired) electrons. The van der Waals surface area contributed by atoms with Crippen LogP contribution in [0.4, 0.5) is 0 Å². The summed E-state index contributed by atoms with van der Waals surface area (Å²) < 4.78 is 0. The smallest absolute Gasteiger partial charge is 0.0647 e. The molecule has 0 nitrogen and oxygen atoms in total. The van der Waals surface area contributed by atoms with Crippen LogP contribution in [0.5, 0.6) is 0 Å². The number of hydrogen-bond acceptors (Lipinski definition) is 0. The van der Waals surface area contributed by atoms with E-state index in [1.54, 1.807) is 8.27 Å². The molecule has 5 heavy (non-hydrogen) atoms. The van der Waals surface area contributed by atoms with Gasteiger partial charge in [0.25, 0.3) is 0 Å². The van der Waals surface area contributed by atoms with Crippen LogP contribution in [0.1, 0.15) is 6.42 Å². The molecular formula is C3H7P2-. The lowest BCUT2D eigenvalue weighted by Crippen LogP contribution is -1.62.